The highest BCUT2D eigenvalue weighted by atomic mass is 32.2. The molecule has 0 bridgehead atoms. The van der Waals surface area contributed by atoms with Crippen molar-refractivity contribution in [3.8, 4) is 11.5 Å². The summed E-state index contributed by atoms with van der Waals surface area (Å²) >= 11 is 0. The van der Waals surface area contributed by atoms with Gasteiger partial charge in [0.25, 0.3) is 5.91 Å². The number of carbonyl (C=O) groups excluding carboxylic acids is 1. The lowest BCUT2D eigenvalue weighted by Crippen LogP contribution is -2.25. The second-order valence-corrected chi connectivity index (χ2v) is 7.05. The Bertz CT molecular complexity index is 761. The lowest BCUT2D eigenvalue weighted by Gasteiger charge is -2.10. The summed E-state index contributed by atoms with van der Waals surface area (Å²) in [5, 5.41) is 2.91. The number of carbonyl (C=O) groups is 1. The van der Waals surface area contributed by atoms with E-state index in [4.69, 9.17) is 9.47 Å². The molecule has 0 spiro atoms. The van der Waals surface area contributed by atoms with Crippen LogP contribution in [0.4, 0.5) is 0 Å². The maximum absolute atomic E-state index is 12.3. The van der Waals surface area contributed by atoms with Crippen LogP contribution in [0.2, 0.25) is 0 Å². The van der Waals surface area contributed by atoms with Crippen LogP contribution >= 0.6 is 0 Å². The molecule has 0 saturated heterocycles. The minimum atomic E-state index is -0.928. The molecule has 2 aromatic rings. The van der Waals surface area contributed by atoms with Gasteiger partial charge in [0.2, 0.25) is 0 Å². The number of hydrogen-bond acceptors (Lipinski definition) is 4. The second-order valence-electron chi connectivity index (χ2n) is 5.61. The highest BCUT2D eigenvalue weighted by Gasteiger charge is 2.08. The maximum Gasteiger partial charge on any atom is 0.251 e. The van der Waals surface area contributed by atoms with E-state index in [1.165, 1.54) is 0 Å². The van der Waals surface area contributed by atoms with Crippen molar-refractivity contribution in [3.63, 3.8) is 0 Å². The number of benzene rings is 2. The number of rotatable bonds is 8. The number of nitrogens with one attached hydrogen (secondary N) is 1. The molecule has 0 heterocycles. The second kappa shape index (κ2) is 9.22. The fourth-order valence-electron chi connectivity index (χ4n) is 2.50. The first-order valence-electron chi connectivity index (χ1n) is 7.91. The Balaban J connectivity index is 1.93. The monoisotopic (exact) mass is 361 g/mol. The molecule has 0 saturated carbocycles. The average molecular weight is 361 g/mol. The minimum Gasteiger partial charge on any atom is -0.493 e. The van der Waals surface area contributed by atoms with Crippen LogP contribution in [-0.2, 0) is 23.0 Å². The smallest absolute Gasteiger partial charge is 0.251 e. The van der Waals surface area contributed by atoms with Crippen molar-refractivity contribution in [3.05, 3.63) is 59.2 Å². The molecule has 1 N–H and O–H groups in total. The Hall–Kier alpha value is -2.34. The summed E-state index contributed by atoms with van der Waals surface area (Å²) in [6, 6.07) is 12.9. The molecule has 0 radical (unpaired) electrons. The van der Waals surface area contributed by atoms with Gasteiger partial charge in [-0.1, -0.05) is 18.2 Å². The minimum absolute atomic E-state index is 0.135. The van der Waals surface area contributed by atoms with Crippen LogP contribution in [0.3, 0.4) is 0 Å². The number of ether oxygens (including phenoxy) is 2. The van der Waals surface area contributed by atoms with Gasteiger partial charge >= 0.3 is 0 Å². The van der Waals surface area contributed by atoms with Crippen LogP contribution in [0.25, 0.3) is 0 Å². The lowest BCUT2D eigenvalue weighted by atomic mass is 10.1. The van der Waals surface area contributed by atoms with Crippen LogP contribution in [0, 0.1) is 0 Å². The summed E-state index contributed by atoms with van der Waals surface area (Å²) in [5.74, 6) is 1.67. The van der Waals surface area contributed by atoms with Crippen molar-refractivity contribution in [1.82, 2.24) is 5.32 Å². The molecule has 0 fully saturated rings. The Kier molecular flexibility index (Phi) is 7.01. The molecule has 2 aromatic carbocycles. The van der Waals surface area contributed by atoms with Crippen molar-refractivity contribution < 1.29 is 18.5 Å². The van der Waals surface area contributed by atoms with E-state index in [-0.39, 0.29) is 5.91 Å². The van der Waals surface area contributed by atoms with Crippen molar-refractivity contribution in [1.29, 1.82) is 0 Å². The third kappa shape index (κ3) is 5.60. The number of methoxy groups -OCH3 is 2. The van der Waals surface area contributed by atoms with E-state index in [9.17, 15) is 9.00 Å². The van der Waals surface area contributed by atoms with Crippen LogP contribution in [0.1, 0.15) is 21.5 Å². The molecule has 0 aliphatic heterocycles. The van der Waals surface area contributed by atoms with Gasteiger partial charge < -0.3 is 14.8 Å². The molecule has 0 aliphatic rings. The van der Waals surface area contributed by atoms with E-state index in [1.54, 1.807) is 32.6 Å². The van der Waals surface area contributed by atoms with Crippen molar-refractivity contribution >= 4 is 16.7 Å². The quantitative estimate of drug-likeness (QED) is 0.785. The fraction of sp³-hybridized carbons (Fsp3) is 0.316. The summed E-state index contributed by atoms with van der Waals surface area (Å²) < 4.78 is 21.8. The molecule has 134 valence electrons. The summed E-state index contributed by atoms with van der Waals surface area (Å²) in [6.45, 7) is 0.512. The lowest BCUT2D eigenvalue weighted by molar-refractivity contribution is 0.0954. The highest BCUT2D eigenvalue weighted by Crippen LogP contribution is 2.27. The van der Waals surface area contributed by atoms with E-state index in [1.807, 2.05) is 30.3 Å². The molecule has 5 nitrogen and oxygen atoms in total. The largest absolute Gasteiger partial charge is 0.493 e. The number of amides is 1. The average Bonchev–Trinajstić information content (AvgIpc) is 2.61. The third-order valence-corrected chi connectivity index (χ3v) is 4.45. The normalized spacial score (nSPS) is 11.6. The Morgan fingerprint density at radius 1 is 1.04 bits per heavy atom. The zero-order chi connectivity index (χ0) is 18.2. The summed E-state index contributed by atoms with van der Waals surface area (Å²) in [6.07, 6.45) is 2.33. The Morgan fingerprint density at radius 2 is 1.80 bits per heavy atom. The van der Waals surface area contributed by atoms with Crippen LogP contribution in [0.5, 0.6) is 11.5 Å². The first-order valence-corrected chi connectivity index (χ1v) is 9.64. The van der Waals surface area contributed by atoms with Gasteiger partial charge in [-0.3, -0.25) is 9.00 Å². The van der Waals surface area contributed by atoms with Gasteiger partial charge in [0.15, 0.2) is 11.5 Å². The topological polar surface area (TPSA) is 64.6 Å². The van der Waals surface area contributed by atoms with E-state index in [0.717, 1.165) is 11.1 Å². The van der Waals surface area contributed by atoms with E-state index < -0.39 is 10.8 Å². The zero-order valence-corrected chi connectivity index (χ0v) is 15.5. The predicted molar refractivity (Wildman–Crippen MR) is 99.8 cm³/mol. The SMILES string of the molecule is COc1ccc(CCNC(=O)c2cccc(CS(C)=O)c2)cc1OC. The van der Waals surface area contributed by atoms with Crippen LogP contribution in [-0.4, -0.2) is 37.1 Å². The van der Waals surface area contributed by atoms with E-state index in [2.05, 4.69) is 5.32 Å². The first kappa shape index (κ1) is 19.0. The van der Waals surface area contributed by atoms with Gasteiger partial charge in [0.05, 0.1) is 14.2 Å². The Labute approximate surface area is 150 Å². The van der Waals surface area contributed by atoms with Gasteiger partial charge in [-0.25, -0.2) is 0 Å². The van der Waals surface area contributed by atoms with Gasteiger partial charge in [-0.2, -0.15) is 0 Å². The number of hydrogen-bond donors (Lipinski definition) is 1. The molecule has 0 aliphatic carbocycles. The van der Waals surface area contributed by atoms with Gasteiger partial charge in [0.1, 0.15) is 0 Å². The standard InChI is InChI=1S/C19H23NO4S/c1-23-17-8-7-14(12-18(17)24-2)9-10-20-19(21)16-6-4-5-15(11-16)13-25(3)22/h4-8,11-12H,9-10,13H2,1-3H3,(H,20,21). The molecule has 1 amide bonds. The molecule has 6 heteroatoms. The zero-order valence-electron chi connectivity index (χ0n) is 14.7. The van der Waals surface area contributed by atoms with Gasteiger partial charge in [-0.15, -0.1) is 0 Å². The van der Waals surface area contributed by atoms with Crippen LogP contribution in [0.15, 0.2) is 42.5 Å². The molecule has 0 aromatic heterocycles. The molecule has 1 atom stereocenters. The first-order chi connectivity index (χ1) is 12.0. The molecule has 25 heavy (non-hydrogen) atoms. The summed E-state index contributed by atoms with van der Waals surface area (Å²) in [4.78, 5) is 12.3. The van der Waals surface area contributed by atoms with Crippen molar-refractivity contribution in [2.75, 3.05) is 27.0 Å². The molecule has 2 rings (SSSR count). The van der Waals surface area contributed by atoms with Crippen LogP contribution < -0.4 is 14.8 Å². The van der Waals surface area contributed by atoms with Crippen molar-refractivity contribution in [2.45, 2.75) is 12.2 Å². The highest BCUT2D eigenvalue weighted by molar-refractivity contribution is 7.83. The van der Waals surface area contributed by atoms with E-state index in [0.29, 0.717) is 35.8 Å². The molecule has 1 unspecified atom stereocenters. The summed E-state index contributed by atoms with van der Waals surface area (Å²) in [5.41, 5.74) is 2.52. The Morgan fingerprint density at radius 3 is 2.48 bits per heavy atom. The van der Waals surface area contributed by atoms with Gasteiger partial charge in [0, 0.05) is 34.9 Å². The predicted octanol–water partition coefficient (Wildman–Crippen LogP) is 2.55. The summed E-state index contributed by atoms with van der Waals surface area (Å²) in [7, 11) is 2.27. The molecular weight excluding hydrogens is 338 g/mol. The maximum atomic E-state index is 12.3. The van der Waals surface area contributed by atoms with E-state index >= 15 is 0 Å². The van der Waals surface area contributed by atoms with Crippen molar-refractivity contribution in [2.24, 2.45) is 0 Å². The molecular formula is C19H23NO4S. The third-order valence-electron chi connectivity index (χ3n) is 3.71. The van der Waals surface area contributed by atoms with Gasteiger partial charge in [-0.05, 0) is 41.8 Å². The fourth-order valence-corrected chi connectivity index (χ4v) is 3.14.